The molecule has 0 spiro atoms. The van der Waals surface area contributed by atoms with Crippen molar-refractivity contribution in [1.82, 2.24) is 10.6 Å². The van der Waals surface area contributed by atoms with Gasteiger partial charge in [-0.15, -0.1) is 0 Å². The molecule has 3 aromatic rings. The van der Waals surface area contributed by atoms with Crippen molar-refractivity contribution >= 4 is 11.9 Å². The van der Waals surface area contributed by atoms with Crippen LogP contribution >= 0.6 is 0 Å². The van der Waals surface area contributed by atoms with Crippen molar-refractivity contribution in [3.05, 3.63) is 107 Å². The first-order chi connectivity index (χ1) is 15.9. The van der Waals surface area contributed by atoms with Crippen LogP contribution in [0.25, 0.3) is 0 Å². The van der Waals surface area contributed by atoms with Crippen LogP contribution in [-0.2, 0) is 15.1 Å². The fourth-order valence-corrected chi connectivity index (χ4v) is 4.24. The normalized spacial score (nSPS) is 12.2. The Bertz CT molecular complexity index is 994. The number of benzene rings is 3. The smallest absolute Gasteiger partial charge is 0.326 e. The van der Waals surface area contributed by atoms with Crippen LogP contribution < -0.4 is 10.6 Å². The molecule has 0 saturated heterocycles. The fraction of sp³-hybridized carbons (Fsp3) is 0.286. The van der Waals surface area contributed by atoms with Crippen molar-refractivity contribution in [3.63, 3.8) is 0 Å². The molecule has 0 saturated carbocycles. The number of hydrogen-bond acceptors (Lipinski definition) is 3. The summed E-state index contributed by atoms with van der Waals surface area (Å²) >= 11 is 0. The molecule has 0 radical (unpaired) electrons. The summed E-state index contributed by atoms with van der Waals surface area (Å²) in [6.07, 6.45) is 1.85. The number of amides is 1. The first kappa shape index (κ1) is 24.2. The topological polar surface area (TPSA) is 78.4 Å². The molecular weight excluding hydrogens is 412 g/mol. The number of carboxylic acid groups (broad SMARTS) is 1. The minimum atomic E-state index is -0.999. The van der Waals surface area contributed by atoms with Crippen molar-refractivity contribution < 1.29 is 14.7 Å². The Morgan fingerprint density at radius 1 is 0.818 bits per heavy atom. The molecule has 0 bridgehead atoms. The summed E-state index contributed by atoms with van der Waals surface area (Å²) in [7, 11) is 0. The summed E-state index contributed by atoms with van der Waals surface area (Å²) in [5, 5.41) is 15.7. The molecule has 0 aromatic heterocycles. The van der Waals surface area contributed by atoms with Crippen molar-refractivity contribution in [2.75, 3.05) is 6.54 Å². The monoisotopic (exact) mass is 444 g/mol. The minimum Gasteiger partial charge on any atom is -0.480 e. The molecule has 1 amide bonds. The van der Waals surface area contributed by atoms with Gasteiger partial charge < -0.3 is 10.4 Å². The Kier molecular flexibility index (Phi) is 8.39. The zero-order valence-corrected chi connectivity index (χ0v) is 19.3. The van der Waals surface area contributed by atoms with Gasteiger partial charge in [0.05, 0.1) is 5.54 Å². The first-order valence-corrected chi connectivity index (χ1v) is 11.4. The molecule has 1 unspecified atom stereocenters. The van der Waals surface area contributed by atoms with Crippen LogP contribution in [-0.4, -0.2) is 29.6 Å². The van der Waals surface area contributed by atoms with Gasteiger partial charge in [-0.05, 0) is 49.4 Å². The Morgan fingerprint density at radius 2 is 1.33 bits per heavy atom. The fourth-order valence-electron chi connectivity index (χ4n) is 4.24. The van der Waals surface area contributed by atoms with Crippen LogP contribution in [0, 0.1) is 6.92 Å². The van der Waals surface area contributed by atoms with E-state index in [4.69, 9.17) is 0 Å². The van der Waals surface area contributed by atoms with Crippen LogP contribution in [0.3, 0.4) is 0 Å². The van der Waals surface area contributed by atoms with E-state index in [1.54, 1.807) is 0 Å². The van der Waals surface area contributed by atoms with E-state index in [-0.39, 0.29) is 5.91 Å². The molecule has 5 nitrogen and oxygen atoms in total. The van der Waals surface area contributed by atoms with Crippen molar-refractivity contribution in [3.8, 4) is 0 Å². The van der Waals surface area contributed by atoms with Crippen LogP contribution in [0.5, 0.6) is 0 Å². The molecular formula is C28H32N2O3. The molecule has 0 aliphatic heterocycles. The maximum absolute atomic E-state index is 11.4. The third kappa shape index (κ3) is 6.08. The van der Waals surface area contributed by atoms with E-state index < -0.39 is 17.6 Å². The Labute approximate surface area is 195 Å². The third-order valence-electron chi connectivity index (χ3n) is 5.88. The SMILES string of the molecule is CC(=O)NC(CCCCNC(c1ccccc1)(c1ccccc1)c1ccc(C)cc1)C(=O)O. The highest BCUT2D eigenvalue weighted by molar-refractivity contribution is 5.81. The number of carboxylic acids is 1. The zero-order chi connectivity index (χ0) is 23.7. The molecule has 3 rings (SSSR count). The number of hydrogen-bond donors (Lipinski definition) is 3. The molecule has 0 fully saturated rings. The van der Waals surface area contributed by atoms with Gasteiger partial charge in [-0.1, -0.05) is 90.5 Å². The lowest BCUT2D eigenvalue weighted by molar-refractivity contribution is -0.141. The lowest BCUT2D eigenvalue weighted by Crippen LogP contribution is -2.45. The van der Waals surface area contributed by atoms with Gasteiger partial charge in [0.25, 0.3) is 0 Å². The summed E-state index contributed by atoms with van der Waals surface area (Å²) in [6, 6.07) is 28.5. The third-order valence-corrected chi connectivity index (χ3v) is 5.88. The summed E-state index contributed by atoms with van der Waals surface area (Å²) in [5.41, 5.74) is 4.09. The maximum atomic E-state index is 11.4. The standard InChI is InChI=1S/C28H32N2O3/c1-21-16-18-25(19-17-21)28(23-11-5-3-6-12-23,24-13-7-4-8-14-24)29-20-10-9-15-26(27(32)33)30-22(2)31/h3-8,11-14,16-19,26,29H,9-10,15,20H2,1-2H3,(H,30,31)(H,32,33). The number of rotatable bonds is 11. The average Bonchev–Trinajstić information content (AvgIpc) is 2.82. The van der Waals surface area contributed by atoms with Crippen LogP contribution in [0.4, 0.5) is 0 Å². The molecule has 3 N–H and O–H groups in total. The summed E-state index contributed by atoms with van der Waals surface area (Å²) < 4.78 is 0. The zero-order valence-electron chi connectivity index (χ0n) is 19.3. The van der Waals surface area contributed by atoms with Crippen LogP contribution in [0.2, 0.25) is 0 Å². The number of carbonyl (C=O) groups is 2. The highest BCUT2D eigenvalue weighted by atomic mass is 16.4. The van der Waals surface area contributed by atoms with Gasteiger partial charge >= 0.3 is 5.97 Å². The van der Waals surface area contributed by atoms with Gasteiger partial charge in [-0.3, -0.25) is 10.1 Å². The van der Waals surface area contributed by atoms with E-state index in [2.05, 4.69) is 66.1 Å². The number of aryl methyl sites for hydroxylation is 1. The van der Waals surface area contributed by atoms with Crippen molar-refractivity contribution in [2.24, 2.45) is 0 Å². The molecule has 0 heterocycles. The average molecular weight is 445 g/mol. The molecule has 172 valence electrons. The lowest BCUT2D eigenvalue weighted by Gasteiger charge is -2.37. The predicted molar refractivity (Wildman–Crippen MR) is 131 cm³/mol. The summed E-state index contributed by atoms with van der Waals surface area (Å²) in [5.74, 6) is -1.33. The summed E-state index contributed by atoms with van der Waals surface area (Å²) in [4.78, 5) is 22.7. The van der Waals surface area contributed by atoms with Gasteiger partial charge in [0, 0.05) is 6.92 Å². The Balaban J connectivity index is 1.87. The predicted octanol–water partition coefficient (Wildman–Crippen LogP) is 4.64. The van der Waals surface area contributed by atoms with E-state index in [0.29, 0.717) is 19.4 Å². The second kappa shape index (κ2) is 11.4. The molecule has 5 heteroatoms. The number of carbonyl (C=O) groups excluding carboxylic acids is 1. The van der Waals surface area contributed by atoms with Crippen molar-refractivity contribution in [1.29, 1.82) is 0 Å². The van der Waals surface area contributed by atoms with E-state index in [1.807, 2.05) is 36.4 Å². The van der Waals surface area contributed by atoms with E-state index in [1.165, 1.54) is 12.5 Å². The van der Waals surface area contributed by atoms with E-state index in [9.17, 15) is 14.7 Å². The summed E-state index contributed by atoms with van der Waals surface area (Å²) in [6.45, 7) is 4.11. The molecule has 1 atom stereocenters. The van der Waals surface area contributed by atoms with E-state index >= 15 is 0 Å². The maximum Gasteiger partial charge on any atom is 0.326 e. The van der Waals surface area contributed by atoms with Gasteiger partial charge in [-0.2, -0.15) is 0 Å². The van der Waals surface area contributed by atoms with Gasteiger partial charge in [0.1, 0.15) is 6.04 Å². The quantitative estimate of drug-likeness (QED) is 0.297. The largest absolute Gasteiger partial charge is 0.480 e. The Morgan fingerprint density at radius 3 is 1.82 bits per heavy atom. The van der Waals surface area contributed by atoms with Crippen LogP contribution in [0.1, 0.15) is 48.4 Å². The van der Waals surface area contributed by atoms with Gasteiger partial charge in [0.15, 0.2) is 0 Å². The number of aliphatic carboxylic acids is 1. The first-order valence-electron chi connectivity index (χ1n) is 11.4. The second-order valence-corrected chi connectivity index (χ2v) is 8.36. The number of unbranched alkanes of at least 4 members (excludes halogenated alkanes) is 1. The second-order valence-electron chi connectivity index (χ2n) is 8.36. The molecule has 3 aromatic carbocycles. The van der Waals surface area contributed by atoms with Gasteiger partial charge in [0.2, 0.25) is 5.91 Å². The number of nitrogens with one attached hydrogen (secondary N) is 2. The van der Waals surface area contributed by atoms with Gasteiger partial charge in [-0.25, -0.2) is 4.79 Å². The molecule has 0 aliphatic rings. The molecule has 33 heavy (non-hydrogen) atoms. The molecule has 0 aliphatic carbocycles. The van der Waals surface area contributed by atoms with Crippen LogP contribution in [0.15, 0.2) is 84.9 Å². The highest BCUT2D eigenvalue weighted by Gasteiger charge is 2.35. The highest BCUT2D eigenvalue weighted by Crippen LogP contribution is 2.37. The Hall–Kier alpha value is -3.44. The lowest BCUT2D eigenvalue weighted by atomic mass is 9.76. The minimum absolute atomic E-state index is 0.327. The van der Waals surface area contributed by atoms with Crippen molar-refractivity contribution in [2.45, 2.75) is 44.7 Å². The van der Waals surface area contributed by atoms with E-state index in [0.717, 1.165) is 23.1 Å².